The summed E-state index contributed by atoms with van der Waals surface area (Å²) in [5.74, 6) is 0.408. The Kier molecular flexibility index (Phi) is 5.58. The number of aliphatic hydroxyl groups excluding tert-OH is 1. The van der Waals surface area contributed by atoms with E-state index in [1.165, 1.54) is 0 Å². The lowest BCUT2D eigenvalue weighted by Gasteiger charge is -2.17. The Labute approximate surface area is 173 Å². The van der Waals surface area contributed by atoms with Crippen LogP contribution in [0.4, 0.5) is 5.69 Å². The summed E-state index contributed by atoms with van der Waals surface area (Å²) in [6.07, 6.45) is 3.26. The van der Waals surface area contributed by atoms with E-state index in [1.54, 1.807) is 29.0 Å². The zero-order valence-electron chi connectivity index (χ0n) is 16.7. The molecular weight excluding hydrogens is 382 g/mol. The van der Waals surface area contributed by atoms with Crippen LogP contribution in [0.1, 0.15) is 28.2 Å². The van der Waals surface area contributed by atoms with Gasteiger partial charge in [-0.3, -0.25) is 14.2 Å². The van der Waals surface area contributed by atoms with Crippen LogP contribution in [0.5, 0.6) is 0 Å². The fourth-order valence-electron chi connectivity index (χ4n) is 3.55. The number of carbonyl (C=O) groups excluding carboxylic acids is 1. The quantitative estimate of drug-likeness (QED) is 0.479. The zero-order chi connectivity index (χ0) is 21.1. The molecule has 1 amide bonds. The van der Waals surface area contributed by atoms with Crippen molar-refractivity contribution in [2.24, 2.45) is 5.10 Å². The van der Waals surface area contributed by atoms with E-state index >= 15 is 0 Å². The third kappa shape index (κ3) is 3.95. The van der Waals surface area contributed by atoms with E-state index in [-0.39, 0.29) is 18.1 Å². The molecule has 2 N–H and O–H groups in total. The van der Waals surface area contributed by atoms with E-state index in [0.29, 0.717) is 29.6 Å². The van der Waals surface area contributed by atoms with Crippen molar-refractivity contribution in [3.05, 3.63) is 69.8 Å². The smallest absolute Gasteiger partial charge is 0.271 e. The van der Waals surface area contributed by atoms with E-state index in [1.807, 2.05) is 36.2 Å². The number of likely N-dealkylation sites (N-methyl/N-ethyl adjacent to an activating group) is 1. The van der Waals surface area contributed by atoms with Crippen molar-refractivity contribution in [1.82, 2.24) is 15.0 Å². The SMILES string of the molecule is CN(CCO)c1ccc(/C=N\NC(=O)c2ccc3c(=O)n4c(nc3c2)CCC4)cc1. The van der Waals surface area contributed by atoms with Crippen LogP contribution in [0.2, 0.25) is 0 Å². The summed E-state index contributed by atoms with van der Waals surface area (Å²) in [7, 11) is 1.90. The Balaban J connectivity index is 1.45. The van der Waals surface area contributed by atoms with Gasteiger partial charge >= 0.3 is 0 Å². The highest BCUT2D eigenvalue weighted by Crippen LogP contribution is 2.16. The van der Waals surface area contributed by atoms with Crippen LogP contribution in [0.3, 0.4) is 0 Å². The summed E-state index contributed by atoms with van der Waals surface area (Å²) in [5.41, 5.74) is 5.21. The number of aliphatic hydroxyl groups is 1. The molecule has 0 saturated carbocycles. The first-order valence-corrected chi connectivity index (χ1v) is 9.86. The molecule has 0 fully saturated rings. The Morgan fingerprint density at radius 2 is 2.10 bits per heavy atom. The van der Waals surface area contributed by atoms with E-state index < -0.39 is 0 Å². The molecule has 0 saturated heterocycles. The van der Waals surface area contributed by atoms with Crippen LogP contribution in [0.15, 0.2) is 52.4 Å². The van der Waals surface area contributed by atoms with Gasteiger partial charge in [0.05, 0.1) is 23.7 Å². The first-order valence-electron chi connectivity index (χ1n) is 9.86. The third-order valence-electron chi connectivity index (χ3n) is 5.23. The maximum Gasteiger partial charge on any atom is 0.271 e. The molecule has 3 aromatic rings. The number of carbonyl (C=O) groups is 1. The number of aryl methyl sites for hydroxylation is 1. The molecule has 0 aliphatic carbocycles. The van der Waals surface area contributed by atoms with Gasteiger partial charge in [0.2, 0.25) is 0 Å². The molecule has 0 spiro atoms. The first kappa shape index (κ1) is 19.8. The number of nitrogens with zero attached hydrogens (tertiary/aromatic N) is 4. The highest BCUT2D eigenvalue weighted by atomic mass is 16.3. The summed E-state index contributed by atoms with van der Waals surface area (Å²) in [4.78, 5) is 31.5. The van der Waals surface area contributed by atoms with Crippen molar-refractivity contribution >= 4 is 28.7 Å². The summed E-state index contributed by atoms with van der Waals surface area (Å²) >= 11 is 0. The largest absolute Gasteiger partial charge is 0.395 e. The summed E-state index contributed by atoms with van der Waals surface area (Å²) in [6.45, 7) is 1.35. The highest BCUT2D eigenvalue weighted by Gasteiger charge is 2.17. The number of fused-ring (bicyclic) bond motifs is 2. The molecular formula is C22H23N5O3. The molecule has 2 heterocycles. The van der Waals surface area contributed by atoms with Crippen molar-refractivity contribution in [2.75, 3.05) is 25.1 Å². The number of aromatic nitrogens is 2. The number of hydrogen-bond acceptors (Lipinski definition) is 6. The number of hydrazone groups is 1. The molecule has 1 aliphatic heterocycles. The van der Waals surface area contributed by atoms with Crippen molar-refractivity contribution in [3.63, 3.8) is 0 Å². The minimum atomic E-state index is -0.366. The molecule has 30 heavy (non-hydrogen) atoms. The fourth-order valence-corrected chi connectivity index (χ4v) is 3.55. The Morgan fingerprint density at radius 1 is 1.30 bits per heavy atom. The van der Waals surface area contributed by atoms with Gasteiger partial charge in [0.15, 0.2) is 0 Å². The van der Waals surface area contributed by atoms with Crippen LogP contribution < -0.4 is 15.9 Å². The predicted molar refractivity (Wildman–Crippen MR) is 116 cm³/mol. The first-order chi connectivity index (χ1) is 14.6. The van der Waals surface area contributed by atoms with Crippen molar-refractivity contribution in [2.45, 2.75) is 19.4 Å². The molecule has 0 atom stereocenters. The summed E-state index contributed by atoms with van der Waals surface area (Å²) < 4.78 is 1.71. The van der Waals surface area contributed by atoms with Gasteiger partial charge in [0, 0.05) is 37.8 Å². The second-order valence-electron chi connectivity index (χ2n) is 7.26. The van der Waals surface area contributed by atoms with E-state index in [9.17, 15) is 9.59 Å². The number of anilines is 1. The van der Waals surface area contributed by atoms with Gasteiger partial charge in [0.25, 0.3) is 11.5 Å². The zero-order valence-corrected chi connectivity index (χ0v) is 16.7. The Morgan fingerprint density at radius 3 is 2.87 bits per heavy atom. The van der Waals surface area contributed by atoms with Crippen molar-refractivity contribution < 1.29 is 9.90 Å². The molecule has 0 radical (unpaired) electrons. The van der Waals surface area contributed by atoms with Gasteiger partial charge in [-0.05, 0) is 42.3 Å². The molecule has 2 aromatic carbocycles. The molecule has 8 nitrogen and oxygen atoms in total. The second-order valence-corrected chi connectivity index (χ2v) is 7.26. The van der Waals surface area contributed by atoms with Gasteiger partial charge in [-0.1, -0.05) is 12.1 Å². The lowest BCUT2D eigenvalue weighted by atomic mass is 10.1. The topological polar surface area (TPSA) is 99.8 Å². The number of amides is 1. The fraction of sp³-hybridized carbons (Fsp3) is 0.273. The minimum Gasteiger partial charge on any atom is -0.395 e. The standard InChI is InChI=1S/C22H23N5O3/c1-26(11-12-28)17-7-4-15(5-8-17)14-23-25-21(29)16-6-9-18-19(13-16)24-20-3-2-10-27(20)22(18)30/h4-9,13-14,28H,2-3,10-12H2,1H3,(H,25,29)/b23-14-. The lowest BCUT2D eigenvalue weighted by Crippen LogP contribution is -2.22. The maximum atomic E-state index is 12.5. The summed E-state index contributed by atoms with van der Waals surface area (Å²) in [5, 5.41) is 13.5. The number of benzene rings is 2. The van der Waals surface area contributed by atoms with Crippen molar-refractivity contribution in [3.8, 4) is 0 Å². The lowest BCUT2D eigenvalue weighted by molar-refractivity contribution is 0.0955. The Bertz CT molecular complexity index is 1170. The predicted octanol–water partition coefficient (Wildman–Crippen LogP) is 1.54. The molecule has 154 valence electrons. The summed E-state index contributed by atoms with van der Waals surface area (Å²) in [6, 6.07) is 12.5. The molecule has 4 rings (SSSR count). The molecule has 8 heteroatoms. The normalized spacial score (nSPS) is 13.0. The van der Waals surface area contributed by atoms with Gasteiger partial charge in [-0.25, -0.2) is 10.4 Å². The average molecular weight is 405 g/mol. The second kappa shape index (κ2) is 8.46. The van der Waals surface area contributed by atoms with E-state index in [0.717, 1.165) is 29.9 Å². The van der Waals surface area contributed by atoms with E-state index in [4.69, 9.17) is 5.11 Å². The monoisotopic (exact) mass is 405 g/mol. The number of rotatable bonds is 6. The van der Waals surface area contributed by atoms with Crippen LogP contribution in [0.25, 0.3) is 10.9 Å². The number of nitrogens with one attached hydrogen (secondary N) is 1. The molecule has 1 aromatic heterocycles. The van der Waals surface area contributed by atoms with E-state index in [2.05, 4.69) is 15.5 Å². The van der Waals surface area contributed by atoms with Gasteiger partial charge in [0.1, 0.15) is 5.82 Å². The maximum absolute atomic E-state index is 12.5. The van der Waals surface area contributed by atoms with Crippen LogP contribution in [-0.4, -0.2) is 47.0 Å². The van der Waals surface area contributed by atoms with Crippen LogP contribution >= 0.6 is 0 Å². The third-order valence-corrected chi connectivity index (χ3v) is 5.23. The minimum absolute atomic E-state index is 0.0504. The van der Waals surface area contributed by atoms with Crippen LogP contribution in [-0.2, 0) is 13.0 Å². The average Bonchev–Trinajstić information content (AvgIpc) is 3.23. The molecule has 1 aliphatic rings. The molecule has 0 unspecified atom stereocenters. The highest BCUT2D eigenvalue weighted by molar-refractivity contribution is 5.98. The van der Waals surface area contributed by atoms with Gasteiger partial charge in [-0.15, -0.1) is 0 Å². The Hall–Kier alpha value is -3.52. The van der Waals surface area contributed by atoms with Gasteiger partial charge < -0.3 is 10.0 Å². The van der Waals surface area contributed by atoms with Crippen molar-refractivity contribution in [1.29, 1.82) is 0 Å². The van der Waals surface area contributed by atoms with Crippen LogP contribution in [0, 0.1) is 0 Å². The number of hydrogen-bond donors (Lipinski definition) is 2. The van der Waals surface area contributed by atoms with Gasteiger partial charge in [-0.2, -0.15) is 5.10 Å². The molecule has 0 bridgehead atoms.